The largest absolute Gasteiger partial charge is 0.323 e. The lowest BCUT2D eigenvalue weighted by Gasteiger charge is -2.11. The molecule has 0 aliphatic carbocycles. The van der Waals surface area contributed by atoms with Crippen molar-refractivity contribution in [2.75, 3.05) is 5.75 Å². The van der Waals surface area contributed by atoms with Crippen LogP contribution in [-0.4, -0.2) is 5.75 Å². The molecule has 0 saturated carbocycles. The van der Waals surface area contributed by atoms with E-state index in [0.717, 1.165) is 16.5 Å². The van der Waals surface area contributed by atoms with Gasteiger partial charge in [0.1, 0.15) is 0 Å². The Kier molecular flexibility index (Phi) is 5.12. The van der Waals surface area contributed by atoms with Crippen LogP contribution < -0.4 is 5.73 Å². The summed E-state index contributed by atoms with van der Waals surface area (Å²) in [6.07, 6.45) is 0. The molecule has 0 aromatic heterocycles. The van der Waals surface area contributed by atoms with E-state index in [9.17, 15) is 0 Å². The number of benzene rings is 2. The van der Waals surface area contributed by atoms with Crippen LogP contribution in [0.4, 0.5) is 0 Å². The highest BCUT2D eigenvalue weighted by Gasteiger charge is 2.06. The second-order valence-electron chi connectivity index (χ2n) is 4.12. The van der Waals surface area contributed by atoms with Crippen molar-refractivity contribution in [3.63, 3.8) is 0 Å². The summed E-state index contributed by atoms with van der Waals surface area (Å²) in [4.78, 5) is 0. The fourth-order valence-electron chi connectivity index (χ4n) is 1.71. The molecule has 18 heavy (non-hydrogen) atoms. The first-order valence-corrected chi connectivity index (χ1v) is 7.42. The van der Waals surface area contributed by atoms with Crippen molar-refractivity contribution in [3.8, 4) is 0 Å². The van der Waals surface area contributed by atoms with Gasteiger partial charge in [-0.25, -0.2) is 0 Å². The molecule has 0 heterocycles. The van der Waals surface area contributed by atoms with Crippen LogP contribution in [-0.2, 0) is 5.75 Å². The van der Waals surface area contributed by atoms with Crippen molar-refractivity contribution in [2.24, 2.45) is 5.73 Å². The first kappa shape index (κ1) is 13.5. The van der Waals surface area contributed by atoms with E-state index in [4.69, 9.17) is 17.3 Å². The minimum absolute atomic E-state index is 0.0821. The Morgan fingerprint density at radius 2 is 1.67 bits per heavy atom. The predicted molar refractivity (Wildman–Crippen MR) is 81.0 cm³/mol. The molecule has 2 aromatic carbocycles. The van der Waals surface area contributed by atoms with Crippen molar-refractivity contribution in [2.45, 2.75) is 11.8 Å². The van der Waals surface area contributed by atoms with Gasteiger partial charge in [-0.2, -0.15) is 11.8 Å². The van der Waals surface area contributed by atoms with Gasteiger partial charge in [0.15, 0.2) is 0 Å². The molecule has 2 aromatic rings. The molecule has 1 atom stereocenters. The molecule has 1 nitrogen and oxygen atoms in total. The molecule has 2 N–H and O–H groups in total. The smallest absolute Gasteiger partial charge is 0.0446 e. The van der Waals surface area contributed by atoms with E-state index >= 15 is 0 Å². The van der Waals surface area contributed by atoms with Crippen molar-refractivity contribution in [1.29, 1.82) is 0 Å². The van der Waals surface area contributed by atoms with E-state index in [-0.39, 0.29) is 6.04 Å². The topological polar surface area (TPSA) is 26.0 Å². The minimum Gasteiger partial charge on any atom is -0.323 e. The number of nitrogens with two attached hydrogens (primary N) is 1. The van der Waals surface area contributed by atoms with Crippen LogP contribution in [0.1, 0.15) is 17.2 Å². The van der Waals surface area contributed by atoms with E-state index in [0.29, 0.717) is 0 Å². The summed E-state index contributed by atoms with van der Waals surface area (Å²) in [7, 11) is 0. The number of rotatable bonds is 5. The van der Waals surface area contributed by atoms with Crippen LogP contribution in [0.3, 0.4) is 0 Å². The maximum atomic E-state index is 6.14. The first-order chi connectivity index (χ1) is 8.77. The molecule has 0 aliphatic heterocycles. The van der Waals surface area contributed by atoms with Gasteiger partial charge in [-0.05, 0) is 17.2 Å². The summed E-state index contributed by atoms with van der Waals surface area (Å²) in [5.41, 5.74) is 8.50. The maximum Gasteiger partial charge on any atom is 0.0446 e. The molecule has 2 rings (SSSR count). The molecule has 0 saturated heterocycles. The summed E-state index contributed by atoms with van der Waals surface area (Å²) in [5.74, 6) is 1.80. The fraction of sp³-hybridized carbons (Fsp3) is 0.200. The average molecular weight is 278 g/mol. The van der Waals surface area contributed by atoms with Gasteiger partial charge in [-0.3, -0.25) is 0 Å². The standard InChI is InChI=1S/C15H16ClNS/c16-14-9-5-4-8-13(14)10-18-11-15(17)12-6-2-1-3-7-12/h1-9,15H,10-11,17H2. The van der Waals surface area contributed by atoms with Crippen LogP contribution >= 0.6 is 23.4 Å². The molecular formula is C15H16ClNS. The Morgan fingerprint density at radius 3 is 2.39 bits per heavy atom. The third-order valence-electron chi connectivity index (χ3n) is 2.74. The molecule has 0 spiro atoms. The van der Waals surface area contributed by atoms with Gasteiger partial charge < -0.3 is 5.73 Å². The number of halogens is 1. The third kappa shape index (κ3) is 3.77. The minimum atomic E-state index is 0.0821. The zero-order chi connectivity index (χ0) is 12.8. The Morgan fingerprint density at radius 1 is 1.00 bits per heavy atom. The quantitative estimate of drug-likeness (QED) is 0.883. The predicted octanol–water partition coefficient (Wildman–Crippen LogP) is 4.27. The molecule has 0 amide bonds. The van der Waals surface area contributed by atoms with Crippen molar-refractivity contribution >= 4 is 23.4 Å². The second kappa shape index (κ2) is 6.83. The van der Waals surface area contributed by atoms with Gasteiger partial charge in [0, 0.05) is 22.6 Å². The number of hydrogen-bond donors (Lipinski definition) is 1. The lowest BCUT2D eigenvalue weighted by atomic mass is 10.1. The van der Waals surface area contributed by atoms with Crippen molar-refractivity contribution in [1.82, 2.24) is 0 Å². The molecule has 0 fully saturated rings. The summed E-state index contributed by atoms with van der Waals surface area (Å²) in [6, 6.07) is 18.2. The highest BCUT2D eigenvalue weighted by atomic mass is 35.5. The second-order valence-corrected chi connectivity index (χ2v) is 5.56. The van der Waals surface area contributed by atoms with E-state index in [1.54, 1.807) is 0 Å². The van der Waals surface area contributed by atoms with E-state index in [1.807, 2.05) is 48.2 Å². The Hall–Kier alpha value is -0.960. The van der Waals surface area contributed by atoms with Crippen LogP contribution in [0.2, 0.25) is 5.02 Å². The Labute approximate surface area is 117 Å². The first-order valence-electron chi connectivity index (χ1n) is 5.89. The molecule has 0 aliphatic rings. The van der Waals surface area contributed by atoms with Crippen LogP contribution in [0.5, 0.6) is 0 Å². The van der Waals surface area contributed by atoms with Crippen LogP contribution in [0.15, 0.2) is 54.6 Å². The van der Waals surface area contributed by atoms with Crippen molar-refractivity contribution < 1.29 is 0 Å². The van der Waals surface area contributed by atoms with Gasteiger partial charge >= 0.3 is 0 Å². The molecule has 0 bridgehead atoms. The summed E-state index contributed by atoms with van der Waals surface area (Å²) < 4.78 is 0. The van der Waals surface area contributed by atoms with Gasteiger partial charge in [0.25, 0.3) is 0 Å². The third-order valence-corrected chi connectivity index (χ3v) is 4.22. The van der Waals surface area contributed by atoms with Crippen LogP contribution in [0, 0.1) is 0 Å². The molecular weight excluding hydrogens is 262 g/mol. The van der Waals surface area contributed by atoms with Gasteiger partial charge in [0.05, 0.1) is 0 Å². The van der Waals surface area contributed by atoms with Gasteiger partial charge in [-0.15, -0.1) is 0 Å². The number of hydrogen-bond acceptors (Lipinski definition) is 2. The summed E-state index contributed by atoms with van der Waals surface area (Å²) in [5, 5.41) is 0.832. The van der Waals surface area contributed by atoms with E-state index < -0.39 is 0 Å². The zero-order valence-corrected chi connectivity index (χ0v) is 11.6. The maximum absolute atomic E-state index is 6.14. The molecule has 0 radical (unpaired) electrons. The number of thioether (sulfide) groups is 1. The molecule has 1 unspecified atom stereocenters. The summed E-state index contributed by atoms with van der Waals surface area (Å²) >= 11 is 7.93. The lowest BCUT2D eigenvalue weighted by Crippen LogP contribution is -2.12. The zero-order valence-electron chi connectivity index (χ0n) is 10.1. The van der Waals surface area contributed by atoms with Crippen molar-refractivity contribution in [3.05, 3.63) is 70.7 Å². The highest BCUT2D eigenvalue weighted by molar-refractivity contribution is 7.98. The van der Waals surface area contributed by atoms with Gasteiger partial charge in [0.2, 0.25) is 0 Å². The molecule has 94 valence electrons. The fourth-order valence-corrected chi connectivity index (χ4v) is 3.03. The molecule has 3 heteroatoms. The Bertz CT molecular complexity index is 487. The summed E-state index contributed by atoms with van der Waals surface area (Å²) in [6.45, 7) is 0. The van der Waals surface area contributed by atoms with Gasteiger partial charge in [-0.1, -0.05) is 60.1 Å². The average Bonchev–Trinajstić information content (AvgIpc) is 2.42. The van der Waals surface area contributed by atoms with E-state index in [1.165, 1.54) is 11.1 Å². The Balaban J connectivity index is 1.84. The monoisotopic (exact) mass is 277 g/mol. The SMILES string of the molecule is NC(CSCc1ccccc1Cl)c1ccccc1. The normalized spacial score (nSPS) is 12.3. The van der Waals surface area contributed by atoms with E-state index in [2.05, 4.69) is 18.2 Å². The highest BCUT2D eigenvalue weighted by Crippen LogP contribution is 2.23. The van der Waals surface area contributed by atoms with Crippen LogP contribution in [0.25, 0.3) is 0 Å². The lowest BCUT2D eigenvalue weighted by molar-refractivity contribution is 0.831.